The summed E-state index contributed by atoms with van der Waals surface area (Å²) >= 11 is 0. The normalized spacial score (nSPS) is 30.1. The molecule has 0 aliphatic carbocycles. The summed E-state index contributed by atoms with van der Waals surface area (Å²) in [6.45, 7) is 4.59. The standard InChI is InChI=1S/C22H28N4O3/c27-20-6-5-18(21(28)24-20)26-13-16-4-3-14(10-17(16)22(26)29)12-25-9-1-2-15-7-8-23-11-19(15)25/h3-4,10,15,18-19,23H,1-2,5-9,11-13H2,(H,24,27,28). The van der Waals surface area contributed by atoms with E-state index < -0.39 is 6.04 Å². The van der Waals surface area contributed by atoms with Crippen LogP contribution in [0.5, 0.6) is 0 Å². The number of piperidine rings is 3. The van der Waals surface area contributed by atoms with Crippen LogP contribution in [0.4, 0.5) is 0 Å². The van der Waals surface area contributed by atoms with E-state index >= 15 is 0 Å². The van der Waals surface area contributed by atoms with E-state index in [1.165, 1.54) is 19.3 Å². The van der Waals surface area contributed by atoms with Crippen LogP contribution in [0.2, 0.25) is 0 Å². The predicted molar refractivity (Wildman–Crippen MR) is 107 cm³/mol. The first-order valence-corrected chi connectivity index (χ1v) is 10.8. The third-order valence-corrected chi connectivity index (χ3v) is 7.06. The maximum Gasteiger partial charge on any atom is 0.255 e. The van der Waals surface area contributed by atoms with Crippen molar-refractivity contribution in [3.8, 4) is 0 Å². The molecule has 3 amide bonds. The number of fused-ring (bicyclic) bond motifs is 2. The van der Waals surface area contributed by atoms with Gasteiger partial charge in [0.1, 0.15) is 6.04 Å². The number of amides is 3. The topological polar surface area (TPSA) is 81.8 Å². The maximum atomic E-state index is 13.0. The third-order valence-electron chi connectivity index (χ3n) is 7.06. The third kappa shape index (κ3) is 3.46. The van der Waals surface area contributed by atoms with Crippen LogP contribution >= 0.6 is 0 Å². The second-order valence-electron chi connectivity index (χ2n) is 8.82. The van der Waals surface area contributed by atoms with Gasteiger partial charge in [0, 0.05) is 37.7 Å². The fourth-order valence-electron chi connectivity index (χ4n) is 5.51. The zero-order chi connectivity index (χ0) is 20.0. The van der Waals surface area contributed by atoms with Gasteiger partial charge >= 0.3 is 0 Å². The smallest absolute Gasteiger partial charge is 0.255 e. The predicted octanol–water partition coefficient (Wildman–Crippen LogP) is 1.02. The van der Waals surface area contributed by atoms with Gasteiger partial charge in [-0.25, -0.2) is 0 Å². The van der Waals surface area contributed by atoms with Crippen LogP contribution in [0, 0.1) is 5.92 Å². The van der Waals surface area contributed by atoms with Crippen molar-refractivity contribution in [2.75, 3.05) is 19.6 Å². The van der Waals surface area contributed by atoms with Crippen molar-refractivity contribution in [3.05, 3.63) is 34.9 Å². The largest absolute Gasteiger partial charge is 0.322 e. The van der Waals surface area contributed by atoms with E-state index in [2.05, 4.69) is 21.6 Å². The first kappa shape index (κ1) is 18.8. The SMILES string of the molecule is O=C1CCC(N2Cc3ccc(CN4CCCC5CCNCC54)cc3C2=O)C(=O)N1. The number of nitrogens with one attached hydrogen (secondary N) is 2. The minimum Gasteiger partial charge on any atom is -0.322 e. The lowest BCUT2D eigenvalue weighted by molar-refractivity contribution is -0.136. The monoisotopic (exact) mass is 396 g/mol. The quantitative estimate of drug-likeness (QED) is 0.746. The minimum absolute atomic E-state index is 0.0906. The summed E-state index contributed by atoms with van der Waals surface area (Å²) in [5.74, 6) is 0.0813. The van der Waals surface area contributed by atoms with Gasteiger partial charge in [0.2, 0.25) is 11.8 Å². The van der Waals surface area contributed by atoms with Crippen molar-refractivity contribution in [2.45, 2.75) is 57.3 Å². The Morgan fingerprint density at radius 1 is 1.10 bits per heavy atom. The number of hydrogen-bond acceptors (Lipinski definition) is 5. The van der Waals surface area contributed by atoms with Crippen LogP contribution in [0.25, 0.3) is 0 Å². The van der Waals surface area contributed by atoms with E-state index in [0.29, 0.717) is 24.6 Å². The summed E-state index contributed by atoms with van der Waals surface area (Å²) in [5, 5.41) is 5.89. The van der Waals surface area contributed by atoms with Crippen LogP contribution in [-0.2, 0) is 22.7 Å². The molecule has 3 unspecified atom stereocenters. The van der Waals surface area contributed by atoms with Crippen LogP contribution < -0.4 is 10.6 Å². The van der Waals surface area contributed by atoms with E-state index in [-0.39, 0.29) is 24.1 Å². The first-order valence-electron chi connectivity index (χ1n) is 10.8. The van der Waals surface area contributed by atoms with Gasteiger partial charge in [-0.15, -0.1) is 0 Å². The molecule has 7 nitrogen and oxygen atoms in total. The molecule has 29 heavy (non-hydrogen) atoms. The molecule has 0 bridgehead atoms. The zero-order valence-corrected chi connectivity index (χ0v) is 16.7. The number of imide groups is 1. The molecule has 2 N–H and O–H groups in total. The van der Waals surface area contributed by atoms with E-state index in [1.54, 1.807) is 4.90 Å². The van der Waals surface area contributed by atoms with Gasteiger partial charge in [0.15, 0.2) is 0 Å². The zero-order valence-electron chi connectivity index (χ0n) is 16.7. The molecule has 154 valence electrons. The molecule has 3 saturated heterocycles. The lowest BCUT2D eigenvalue weighted by Gasteiger charge is -2.44. The van der Waals surface area contributed by atoms with Crippen LogP contribution in [0.15, 0.2) is 18.2 Å². The summed E-state index contributed by atoms with van der Waals surface area (Å²) < 4.78 is 0. The Hall–Kier alpha value is -2.25. The van der Waals surface area contributed by atoms with Gasteiger partial charge in [-0.05, 0) is 61.9 Å². The molecule has 0 spiro atoms. The number of carbonyl (C=O) groups excluding carboxylic acids is 3. The summed E-state index contributed by atoms with van der Waals surface area (Å²) in [6, 6.07) is 6.21. The minimum atomic E-state index is -0.549. The van der Waals surface area contributed by atoms with Crippen LogP contribution in [0.1, 0.15) is 53.6 Å². The van der Waals surface area contributed by atoms with E-state index in [0.717, 1.165) is 43.2 Å². The van der Waals surface area contributed by atoms with Crippen LogP contribution in [0.3, 0.4) is 0 Å². The summed E-state index contributed by atoms with van der Waals surface area (Å²) in [7, 11) is 0. The molecule has 1 aromatic carbocycles. The molecule has 0 radical (unpaired) electrons. The average molecular weight is 396 g/mol. The number of rotatable bonds is 3. The number of carbonyl (C=O) groups is 3. The Labute approximate surface area is 170 Å². The fraction of sp³-hybridized carbons (Fsp3) is 0.591. The highest BCUT2D eigenvalue weighted by atomic mass is 16.2. The highest BCUT2D eigenvalue weighted by Gasteiger charge is 2.39. The Morgan fingerprint density at radius 2 is 2.00 bits per heavy atom. The van der Waals surface area contributed by atoms with E-state index in [4.69, 9.17) is 0 Å². The first-order chi connectivity index (χ1) is 14.1. The molecule has 3 fully saturated rings. The molecule has 4 aliphatic heterocycles. The average Bonchev–Trinajstić information content (AvgIpc) is 3.04. The molecule has 0 saturated carbocycles. The Kier molecular flexibility index (Phi) is 4.87. The number of benzene rings is 1. The fourth-order valence-corrected chi connectivity index (χ4v) is 5.51. The van der Waals surface area contributed by atoms with E-state index in [9.17, 15) is 14.4 Å². The molecule has 4 aliphatic rings. The van der Waals surface area contributed by atoms with Gasteiger partial charge in [0.05, 0.1) is 0 Å². The highest BCUT2D eigenvalue weighted by Crippen LogP contribution is 2.31. The lowest BCUT2D eigenvalue weighted by Crippen LogP contribution is -2.53. The molecule has 0 aromatic heterocycles. The Morgan fingerprint density at radius 3 is 2.86 bits per heavy atom. The summed E-state index contributed by atoms with van der Waals surface area (Å²) in [4.78, 5) is 40.9. The van der Waals surface area contributed by atoms with Crippen molar-refractivity contribution in [1.29, 1.82) is 0 Å². The van der Waals surface area contributed by atoms with Crippen molar-refractivity contribution in [2.24, 2.45) is 5.92 Å². The molecular weight excluding hydrogens is 368 g/mol. The second-order valence-corrected chi connectivity index (χ2v) is 8.82. The lowest BCUT2D eigenvalue weighted by atomic mass is 9.84. The molecule has 1 aromatic rings. The highest BCUT2D eigenvalue weighted by molar-refractivity contribution is 6.05. The number of nitrogens with zero attached hydrogens (tertiary/aromatic N) is 2. The molecule has 4 heterocycles. The van der Waals surface area contributed by atoms with Gasteiger partial charge in [-0.2, -0.15) is 0 Å². The maximum absolute atomic E-state index is 13.0. The molecule has 3 atom stereocenters. The number of hydrogen-bond donors (Lipinski definition) is 2. The van der Waals surface area contributed by atoms with Crippen molar-refractivity contribution >= 4 is 17.7 Å². The van der Waals surface area contributed by atoms with Gasteiger partial charge in [0.25, 0.3) is 5.91 Å². The molecule has 7 heteroatoms. The second kappa shape index (κ2) is 7.54. The van der Waals surface area contributed by atoms with E-state index in [1.807, 2.05) is 12.1 Å². The molecular formula is C22H28N4O3. The van der Waals surface area contributed by atoms with Crippen molar-refractivity contribution in [3.63, 3.8) is 0 Å². The summed E-state index contributed by atoms with van der Waals surface area (Å²) in [6.07, 6.45) is 4.51. The molecule has 5 rings (SSSR count). The van der Waals surface area contributed by atoms with Gasteiger partial charge < -0.3 is 10.2 Å². The van der Waals surface area contributed by atoms with Crippen molar-refractivity contribution in [1.82, 2.24) is 20.4 Å². The number of likely N-dealkylation sites (tertiary alicyclic amines) is 1. The summed E-state index contributed by atoms with van der Waals surface area (Å²) in [5.41, 5.74) is 2.84. The van der Waals surface area contributed by atoms with Crippen molar-refractivity contribution < 1.29 is 14.4 Å². The Balaban J connectivity index is 1.31. The van der Waals surface area contributed by atoms with Gasteiger partial charge in [-0.3, -0.25) is 24.6 Å². The van der Waals surface area contributed by atoms with Crippen LogP contribution in [-0.4, -0.2) is 59.2 Å². The van der Waals surface area contributed by atoms with Gasteiger partial charge in [-0.1, -0.05) is 12.1 Å². The Bertz CT molecular complexity index is 852.